The molecule has 1 rings (SSSR count). The summed E-state index contributed by atoms with van der Waals surface area (Å²) in [6.45, 7) is 9.50. The Morgan fingerprint density at radius 2 is 2.17 bits per heavy atom. The quantitative estimate of drug-likeness (QED) is 0.785. The van der Waals surface area contributed by atoms with Crippen molar-refractivity contribution in [1.82, 2.24) is 10.2 Å². The van der Waals surface area contributed by atoms with Gasteiger partial charge in [0.1, 0.15) is 0 Å². The van der Waals surface area contributed by atoms with Gasteiger partial charge in [0.05, 0.1) is 12.5 Å². The third-order valence-corrected chi connectivity index (χ3v) is 3.74. The number of ether oxygens (including phenoxy) is 1. The average Bonchev–Trinajstić information content (AvgIpc) is 2.36. The second-order valence-electron chi connectivity index (χ2n) is 5.65. The molecular formula is C14H28N2O2. The summed E-state index contributed by atoms with van der Waals surface area (Å²) in [5, 5.41) is 3.03. The van der Waals surface area contributed by atoms with Gasteiger partial charge in [0.15, 0.2) is 0 Å². The smallest absolute Gasteiger partial charge is 0.222 e. The van der Waals surface area contributed by atoms with Gasteiger partial charge in [-0.1, -0.05) is 0 Å². The first-order valence-electron chi connectivity index (χ1n) is 7.06. The van der Waals surface area contributed by atoms with Gasteiger partial charge >= 0.3 is 0 Å². The van der Waals surface area contributed by atoms with E-state index in [0.29, 0.717) is 18.4 Å². The molecule has 0 aliphatic carbocycles. The van der Waals surface area contributed by atoms with Gasteiger partial charge in [0, 0.05) is 26.2 Å². The van der Waals surface area contributed by atoms with Crippen molar-refractivity contribution >= 4 is 5.91 Å². The molecule has 0 aromatic rings. The first kappa shape index (κ1) is 15.4. The molecular weight excluding hydrogens is 228 g/mol. The fraction of sp³-hybridized carbons (Fsp3) is 0.929. The number of carbonyl (C=O) groups is 1. The number of hydrogen-bond donors (Lipinski definition) is 1. The number of nitrogens with zero attached hydrogens (tertiary/aromatic N) is 1. The van der Waals surface area contributed by atoms with Gasteiger partial charge in [-0.25, -0.2) is 0 Å². The Kier molecular flexibility index (Phi) is 6.65. The van der Waals surface area contributed by atoms with Crippen LogP contribution in [0.25, 0.3) is 0 Å². The number of piperidine rings is 1. The van der Waals surface area contributed by atoms with Crippen LogP contribution < -0.4 is 5.32 Å². The minimum absolute atomic E-state index is 0.00326. The fourth-order valence-electron chi connectivity index (χ4n) is 2.41. The zero-order valence-electron chi connectivity index (χ0n) is 12.2. The molecule has 0 unspecified atom stereocenters. The summed E-state index contributed by atoms with van der Waals surface area (Å²) < 4.78 is 5.09. The van der Waals surface area contributed by atoms with E-state index in [9.17, 15) is 4.79 Å². The summed E-state index contributed by atoms with van der Waals surface area (Å²) in [5.74, 6) is 0.703. The molecule has 0 saturated carbocycles. The molecule has 1 aliphatic rings. The molecule has 2 atom stereocenters. The number of methoxy groups -OCH3 is 1. The van der Waals surface area contributed by atoms with Crippen molar-refractivity contribution in [3.05, 3.63) is 0 Å². The van der Waals surface area contributed by atoms with Crippen LogP contribution in [0.2, 0.25) is 0 Å². The van der Waals surface area contributed by atoms with E-state index >= 15 is 0 Å². The normalized spacial score (nSPS) is 23.1. The van der Waals surface area contributed by atoms with E-state index in [1.165, 1.54) is 19.4 Å². The lowest BCUT2D eigenvalue weighted by Crippen LogP contribution is -2.44. The van der Waals surface area contributed by atoms with Crippen LogP contribution >= 0.6 is 0 Å². The standard InChI is InChI=1S/C14H28N2O2/c1-11(2)16-7-5-6-13(10-16)9-15-14(17)8-12(3)18-4/h11-13H,5-10H2,1-4H3,(H,15,17)/t12-,13-/m1/s1. The van der Waals surface area contributed by atoms with Crippen LogP contribution in [0.3, 0.4) is 0 Å². The summed E-state index contributed by atoms with van der Waals surface area (Å²) in [4.78, 5) is 14.2. The Balaban J connectivity index is 2.24. The topological polar surface area (TPSA) is 41.6 Å². The molecule has 1 saturated heterocycles. The van der Waals surface area contributed by atoms with Crippen molar-refractivity contribution in [3.8, 4) is 0 Å². The molecule has 1 fully saturated rings. The maximum Gasteiger partial charge on any atom is 0.222 e. The minimum atomic E-state index is 0.00326. The number of carbonyl (C=O) groups excluding carboxylic acids is 1. The lowest BCUT2D eigenvalue weighted by Gasteiger charge is -2.35. The second kappa shape index (κ2) is 7.74. The summed E-state index contributed by atoms with van der Waals surface area (Å²) in [7, 11) is 1.64. The molecule has 0 aromatic heterocycles. The summed E-state index contributed by atoms with van der Waals surface area (Å²) in [6.07, 6.45) is 2.93. The van der Waals surface area contributed by atoms with Crippen LogP contribution in [-0.2, 0) is 9.53 Å². The number of hydrogen-bond acceptors (Lipinski definition) is 3. The monoisotopic (exact) mass is 256 g/mol. The van der Waals surface area contributed by atoms with Crippen molar-refractivity contribution in [2.45, 2.75) is 52.2 Å². The molecule has 4 heteroatoms. The van der Waals surface area contributed by atoms with E-state index in [4.69, 9.17) is 4.74 Å². The van der Waals surface area contributed by atoms with Crippen LogP contribution in [0.5, 0.6) is 0 Å². The van der Waals surface area contributed by atoms with Crippen LogP contribution in [-0.4, -0.2) is 49.7 Å². The maximum atomic E-state index is 11.7. The van der Waals surface area contributed by atoms with Gasteiger partial charge in [-0.15, -0.1) is 0 Å². The van der Waals surface area contributed by atoms with Crippen LogP contribution in [0.4, 0.5) is 0 Å². The molecule has 1 aliphatic heterocycles. The number of likely N-dealkylation sites (tertiary alicyclic amines) is 1. The third-order valence-electron chi connectivity index (χ3n) is 3.74. The predicted octanol–water partition coefficient (Wildman–Crippen LogP) is 1.65. The van der Waals surface area contributed by atoms with E-state index in [-0.39, 0.29) is 12.0 Å². The Hall–Kier alpha value is -0.610. The number of nitrogens with one attached hydrogen (secondary N) is 1. The lowest BCUT2D eigenvalue weighted by molar-refractivity contribution is -0.123. The zero-order chi connectivity index (χ0) is 13.5. The van der Waals surface area contributed by atoms with Gasteiger partial charge in [-0.3, -0.25) is 4.79 Å². The molecule has 4 nitrogen and oxygen atoms in total. The molecule has 106 valence electrons. The van der Waals surface area contributed by atoms with Gasteiger partial charge < -0.3 is 15.0 Å². The maximum absolute atomic E-state index is 11.7. The SMILES string of the molecule is CO[C@H](C)CC(=O)NC[C@H]1CCCN(C(C)C)C1. The molecule has 1 amide bonds. The van der Waals surface area contributed by atoms with E-state index in [2.05, 4.69) is 24.1 Å². The molecule has 0 aromatic carbocycles. The first-order valence-corrected chi connectivity index (χ1v) is 7.06. The fourth-order valence-corrected chi connectivity index (χ4v) is 2.41. The highest BCUT2D eigenvalue weighted by atomic mass is 16.5. The molecule has 1 heterocycles. The molecule has 0 radical (unpaired) electrons. The van der Waals surface area contributed by atoms with Gasteiger partial charge in [0.2, 0.25) is 5.91 Å². The molecule has 1 N–H and O–H groups in total. The zero-order valence-corrected chi connectivity index (χ0v) is 12.2. The van der Waals surface area contributed by atoms with Crippen LogP contribution in [0.15, 0.2) is 0 Å². The van der Waals surface area contributed by atoms with Gasteiger partial charge in [0.25, 0.3) is 0 Å². The lowest BCUT2D eigenvalue weighted by atomic mass is 9.97. The Bertz CT molecular complexity index is 256. The Morgan fingerprint density at radius 1 is 1.44 bits per heavy atom. The van der Waals surface area contributed by atoms with Crippen molar-refractivity contribution in [1.29, 1.82) is 0 Å². The summed E-state index contributed by atoms with van der Waals surface area (Å²) in [6, 6.07) is 0.608. The Morgan fingerprint density at radius 3 is 2.78 bits per heavy atom. The molecule has 18 heavy (non-hydrogen) atoms. The Labute approximate surface area is 111 Å². The van der Waals surface area contributed by atoms with E-state index < -0.39 is 0 Å². The third kappa shape index (κ3) is 5.36. The summed E-state index contributed by atoms with van der Waals surface area (Å²) in [5.41, 5.74) is 0. The highest BCUT2D eigenvalue weighted by Crippen LogP contribution is 2.17. The van der Waals surface area contributed by atoms with Crippen molar-refractivity contribution < 1.29 is 9.53 Å². The van der Waals surface area contributed by atoms with E-state index in [0.717, 1.165) is 13.1 Å². The average molecular weight is 256 g/mol. The minimum Gasteiger partial charge on any atom is -0.381 e. The predicted molar refractivity (Wildman–Crippen MR) is 73.5 cm³/mol. The second-order valence-corrected chi connectivity index (χ2v) is 5.65. The van der Waals surface area contributed by atoms with E-state index in [1.54, 1.807) is 7.11 Å². The van der Waals surface area contributed by atoms with Gasteiger partial charge in [-0.05, 0) is 46.1 Å². The largest absolute Gasteiger partial charge is 0.381 e. The molecule has 0 spiro atoms. The van der Waals surface area contributed by atoms with Crippen molar-refractivity contribution in [3.63, 3.8) is 0 Å². The van der Waals surface area contributed by atoms with Crippen molar-refractivity contribution in [2.75, 3.05) is 26.7 Å². The summed E-state index contributed by atoms with van der Waals surface area (Å²) >= 11 is 0. The van der Waals surface area contributed by atoms with Crippen molar-refractivity contribution in [2.24, 2.45) is 5.92 Å². The first-order chi connectivity index (χ1) is 8.52. The highest BCUT2D eigenvalue weighted by molar-refractivity contribution is 5.76. The van der Waals surface area contributed by atoms with E-state index in [1.807, 2.05) is 6.92 Å². The van der Waals surface area contributed by atoms with Gasteiger partial charge in [-0.2, -0.15) is 0 Å². The van der Waals surface area contributed by atoms with Crippen LogP contribution in [0.1, 0.15) is 40.0 Å². The molecule has 0 bridgehead atoms. The van der Waals surface area contributed by atoms with Crippen LogP contribution in [0, 0.1) is 5.92 Å². The number of rotatable bonds is 6. The number of amides is 1. The highest BCUT2D eigenvalue weighted by Gasteiger charge is 2.22.